The van der Waals surface area contributed by atoms with E-state index in [1.165, 1.54) is 18.6 Å². The van der Waals surface area contributed by atoms with Gasteiger partial charge in [0.15, 0.2) is 0 Å². The highest BCUT2D eigenvalue weighted by Gasteiger charge is 2.09. The lowest BCUT2D eigenvalue weighted by molar-refractivity contribution is 0.0925. The summed E-state index contributed by atoms with van der Waals surface area (Å²) < 4.78 is 6.12. The summed E-state index contributed by atoms with van der Waals surface area (Å²) in [6.07, 6.45) is 4.32. The van der Waals surface area contributed by atoms with E-state index < -0.39 is 0 Å². The molecule has 24 heavy (non-hydrogen) atoms. The number of ether oxygens (including phenoxy) is 1. The Bertz CT molecular complexity index is 710. The number of nitrogens with one attached hydrogen (secondary N) is 2. The van der Waals surface area contributed by atoms with Crippen LogP contribution in [0.3, 0.4) is 0 Å². The number of halogens is 1. The molecule has 0 aliphatic carbocycles. The number of benzene rings is 1. The fraction of sp³-hybridized carbons (Fsp3) is 0.250. The maximum atomic E-state index is 12.1. The summed E-state index contributed by atoms with van der Waals surface area (Å²) >= 11 is 3.37. The van der Waals surface area contributed by atoms with Gasteiger partial charge in [-0.2, -0.15) is 0 Å². The number of hydrogen-bond donors (Lipinski definition) is 2. The van der Waals surface area contributed by atoms with Crippen molar-refractivity contribution < 1.29 is 14.3 Å². The van der Waals surface area contributed by atoms with Crippen LogP contribution in [0.2, 0.25) is 0 Å². The van der Waals surface area contributed by atoms with E-state index >= 15 is 0 Å². The highest BCUT2D eigenvalue weighted by atomic mass is 79.9. The van der Waals surface area contributed by atoms with Gasteiger partial charge < -0.3 is 15.4 Å². The van der Waals surface area contributed by atoms with Gasteiger partial charge in [0, 0.05) is 31.0 Å². The Morgan fingerprint density at radius 3 is 2.54 bits per heavy atom. The van der Waals surface area contributed by atoms with E-state index in [-0.39, 0.29) is 17.5 Å². The third kappa shape index (κ3) is 5.02. The zero-order valence-electron chi connectivity index (χ0n) is 13.1. The summed E-state index contributed by atoms with van der Waals surface area (Å²) in [7, 11) is 0. The molecule has 126 valence electrons. The van der Waals surface area contributed by atoms with Crippen LogP contribution in [0.25, 0.3) is 0 Å². The van der Waals surface area contributed by atoms with Crippen LogP contribution in [0.15, 0.2) is 41.3 Å². The van der Waals surface area contributed by atoms with Crippen molar-refractivity contribution in [1.29, 1.82) is 0 Å². The summed E-state index contributed by atoms with van der Waals surface area (Å²) in [5, 5.41) is 5.39. The third-order valence-electron chi connectivity index (χ3n) is 2.99. The van der Waals surface area contributed by atoms with Crippen LogP contribution in [0, 0.1) is 0 Å². The molecule has 0 saturated carbocycles. The van der Waals surface area contributed by atoms with Crippen molar-refractivity contribution in [3.05, 3.63) is 52.5 Å². The van der Waals surface area contributed by atoms with Gasteiger partial charge in [-0.25, -0.2) is 4.98 Å². The van der Waals surface area contributed by atoms with Crippen LogP contribution in [-0.2, 0) is 0 Å². The molecule has 0 saturated heterocycles. The molecule has 0 fully saturated rings. The van der Waals surface area contributed by atoms with Crippen molar-refractivity contribution in [2.45, 2.75) is 6.92 Å². The van der Waals surface area contributed by atoms with Crippen LogP contribution >= 0.6 is 15.9 Å². The first-order valence-corrected chi connectivity index (χ1v) is 8.16. The van der Waals surface area contributed by atoms with E-state index in [1.807, 2.05) is 6.92 Å². The summed E-state index contributed by atoms with van der Waals surface area (Å²) in [6, 6.07) is 5.11. The van der Waals surface area contributed by atoms with Crippen molar-refractivity contribution >= 4 is 27.7 Å². The van der Waals surface area contributed by atoms with Crippen molar-refractivity contribution in [2.24, 2.45) is 0 Å². The Morgan fingerprint density at radius 2 is 1.92 bits per heavy atom. The molecular weight excluding hydrogens is 376 g/mol. The molecule has 0 aliphatic heterocycles. The van der Waals surface area contributed by atoms with Crippen LogP contribution in [-0.4, -0.2) is 41.5 Å². The van der Waals surface area contributed by atoms with E-state index in [1.54, 1.807) is 18.2 Å². The molecule has 2 rings (SSSR count). The predicted octanol–water partition coefficient (Wildman–Crippen LogP) is 1.80. The zero-order valence-corrected chi connectivity index (χ0v) is 14.7. The number of rotatable bonds is 7. The number of aromatic nitrogens is 2. The molecule has 0 spiro atoms. The van der Waals surface area contributed by atoms with E-state index in [0.717, 1.165) is 0 Å². The highest BCUT2D eigenvalue weighted by Crippen LogP contribution is 2.25. The second-order valence-electron chi connectivity index (χ2n) is 4.68. The number of carbonyl (C=O) groups is 2. The summed E-state index contributed by atoms with van der Waals surface area (Å²) in [5.41, 5.74) is 0.741. The van der Waals surface area contributed by atoms with Gasteiger partial charge in [0.2, 0.25) is 0 Å². The molecule has 1 aromatic carbocycles. The largest absolute Gasteiger partial charge is 0.493 e. The lowest BCUT2D eigenvalue weighted by Gasteiger charge is -2.09. The van der Waals surface area contributed by atoms with Crippen molar-refractivity contribution in [2.75, 3.05) is 19.7 Å². The van der Waals surface area contributed by atoms with Crippen molar-refractivity contribution in [3.8, 4) is 5.75 Å². The lowest BCUT2D eigenvalue weighted by atomic mass is 10.2. The molecular formula is C16H17BrN4O3. The highest BCUT2D eigenvalue weighted by molar-refractivity contribution is 9.10. The second-order valence-corrected chi connectivity index (χ2v) is 5.54. The Kier molecular flexibility index (Phi) is 6.68. The molecule has 1 heterocycles. The SMILES string of the molecule is CCOc1ccc(C(=O)NCCNC(=O)c2cnccn2)cc1Br. The first-order chi connectivity index (χ1) is 11.6. The van der Waals surface area contributed by atoms with E-state index in [4.69, 9.17) is 4.74 Å². The first kappa shape index (κ1) is 17.9. The molecule has 1 aromatic heterocycles. The van der Waals surface area contributed by atoms with Gasteiger partial charge in [0.05, 0.1) is 17.3 Å². The standard InChI is InChI=1S/C16H17BrN4O3/c1-2-24-14-4-3-11(9-12(14)17)15(22)20-7-8-21-16(23)13-10-18-5-6-19-13/h3-6,9-10H,2,7-8H2,1H3,(H,20,22)(H,21,23). The minimum atomic E-state index is -0.332. The summed E-state index contributed by atoms with van der Waals surface area (Å²) in [6.45, 7) is 3.03. The average Bonchev–Trinajstić information content (AvgIpc) is 2.61. The summed E-state index contributed by atoms with van der Waals surface area (Å²) in [4.78, 5) is 31.5. The lowest BCUT2D eigenvalue weighted by Crippen LogP contribution is -2.35. The van der Waals surface area contributed by atoms with Gasteiger partial charge in [-0.15, -0.1) is 0 Å². The molecule has 0 bridgehead atoms. The fourth-order valence-corrected chi connectivity index (χ4v) is 2.37. The molecule has 2 N–H and O–H groups in total. The number of nitrogens with zero attached hydrogens (tertiary/aromatic N) is 2. The van der Waals surface area contributed by atoms with Gasteiger partial charge in [0.1, 0.15) is 11.4 Å². The Labute approximate surface area is 148 Å². The van der Waals surface area contributed by atoms with E-state index in [9.17, 15) is 9.59 Å². The molecule has 0 unspecified atom stereocenters. The van der Waals surface area contributed by atoms with Gasteiger partial charge in [-0.05, 0) is 41.1 Å². The summed E-state index contributed by atoms with van der Waals surface area (Å²) in [5.74, 6) is 0.124. The maximum absolute atomic E-state index is 12.1. The smallest absolute Gasteiger partial charge is 0.271 e. The molecule has 2 aromatic rings. The average molecular weight is 393 g/mol. The zero-order chi connectivity index (χ0) is 17.4. The van der Waals surface area contributed by atoms with E-state index in [2.05, 4.69) is 36.5 Å². The second kappa shape index (κ2) is 8.97. The maximum Gasteiger partial charge on any atom is 0.271 e. The molecule has 0 aliphatic rings. The topological polar surface area (TPSA) is 93.2 Å². The van der Waals surface area contributed by atoms with Crippen LogP contribution in [0.1, 0.15) is 27.8 Å². The minimum absolute atomic E-state index is 0.229. The molecule has 0 radical (unpaired) electrons. The number of amides is 2. The van der Waals surface area contributed by atoms with Gasteiger partial charge >= 0.3 is 0 Å². The van der Waals surface area contributed by atoms with Gasteiger partial charge in [-0.1, -0.05) is 0 Å². The monoisotopic (exact) mass is 392 g/mol. The van der Waals surface area contributed by atoms with Gasteiger partial charge in [-0.3, -0.25) is 14.6 Å². The fourth-order valence-electron chi connectivity index (χ4n) is 1.88. The molecule has 2 amide bonds. The first-order valence-electron chi connectivity index (χ1n) is 7.36. The van der Waals surface area contributed by atoms with Crippen LogP contribution in [0.5, 0.6) is 5.75 Å². The van der Waals surface area contributed by atoms with Crippen LogP contribution < -0.4 is 15.4 Å². The van der Waals surface area contributed by atoms with Crippen molar-refractivity contribution in [3.63, 3.8) is 0 Å². The quantitative estimate of drug-likeness (QED) is 0.700. The molecule has 8 heteroatoms. The predicted molar refractivity (Wildman–Crippen MR) is 92.0 cm³/mol. The third-order valence-corrected chi connectivity index (χ3v) is 3.61. The van der Waals surface area contributed by atoms with Gasteiger partial charge in [0.25, 0.3) is 11.8 Å². The van der Waals surface area contributed by atoms with Crippen molar-refractivity contribution in [1.82, 2.24) is 20.6 Å². The Morgan fingerprint density at radius 1 is 1.17 bits per heavy atom. The Balaban J connectivity index is 1.79. The normalized spacial score (nSPS) is 10.1. The Hall–Kier alpha value is -2.48. The van der Waals surface area contributed by atoms with Crippen LogP contribution in [0.4, 0.5) is 0 Å². The number of carbonyl (C=O) groups excluding carboxylic acids is 2. The number of hydrogen-bond acceptors (Lipinski definition) is 5. The van der Waals surface area contributed by atoms with E-state index in [0.29, 0.717) is 35.5 Å². The minimum Gasteiger partial charge on any atom is -0.493 e. The molecule has 7 nitrogen and oxygen atoms in total. The molecule has 0 atom stereocenters.